The number of aliphatic imine (C=N–C) groups is 1. The van der Waals surface area contributed by atoms with Crippen molar-refractivity contribution in [3.05, 3.63) is 71.2 Å². The summed E-state index contributed by atoms with van der Waals surface area (Å²) in [6.45, 7) is 35.4. The number of ether oxygens (including phenoxy) is 1. The van der Waals surface area contributed by atoms with Crippen molar-refractivity contribution in [3.8, 4) is 0 Å². The van der Waals surface area contributed by atoms with Crippen LogP contribution in [-0.2, 0) is 11.2 Å². The number of hydrogen-bond acceptors (Lipinski definition) is 4. The Bertz CT molecular complexity index is 1140. The van der Waals surface area contributed by atoms with Crippen LogP contribution in [0.1, 0.15) is 136 Å². The van der Waals surface area contributed by atoms with E-state index in [1.54, 1.807) is 0 Å². The molecule has 1 aliphatic carbocycles. The average molecular weight is 622 g/mol. The van der Waals surface area contributed by atoms with E-state index in [0.717, 1.165) is 49.3 Å². The molecule has 4 nitrogen and oxygen atoms in total. The molecule has 0 radical (unpaired) electrons. The molecule has 0 bridgehead atoms. The van der Waals surface area contributed by atoms with Crippen LogP contribution in [0.4, 0.5) is 0 Å². The summed E-state index contributed by atoms with van der Waals surface area (Å²) >= 11 is 0. The fraction of sp³-hybridized carbons (Fsp3) is 0.683. The van der Waals surface area contributed by atoms with Gasteiger partial charge in [-0.2, -0.15) is 0 Å². The third-order valence-electron chi connectivity index (χ3n) is 9.77. The predicted molar refractivity (Wildman–Crippen MR) is 200 cm³/mol. The maximum Gasteiger partial charge on any atom is 0.100 e. The highest BCUT2D eigenvalue weighted by Gasteiger charge is 2.50. The van der Waals surface area contributed by atoms with Gasteiger partial charge in [0, 0.05) is 37.3 Å². The number of benzene rings is 1. The number of allylic oxidation sites excluding steroid dienone is 3. The smallest absolute Gasteiger partial charge is 0.100 e. The predicted octanol–water partition coefficient (Wildman–Crippen LogP) is 11.2. The SMILES string of the molecule is C=C(OC(C)(C)C)C1C[C@](C)(CC(CCC)NN(C)C(=C)/C=C\C(=NC)c2cc(C)c(C)cc2CCCC)C(CC)C1C.CC. The lowest BCUT2D eigenvalue weighted by atomic mass is 9.71. The van der Waals surface area contributed by atoms with Gasteiger partial charge in [0.25, 0.3) is 0 Å². The lowest BCUT2D eigenvalue weighted by Crippen LogP contribution is -2.44. The number of rotatable bonds is 16. The van der Waals surface area contributed by atoms with Gasteiger partial charge in [-0.05, 0) is 119 Å². The molecule has 0 spiro atoms. The highest BCUT2D eigenvalue weighted by atomic mass is 16.5. The van der Waals surface area contributed by atoms with Crippen molar-refractivity contribution in [3.63, 3.8) is 0 Å². The van der Waals surface area contributed by atoms with Gasteiger partial charge in [0.15, 0.2) is 0 Å². The Morgan fingerprint density at radius 2 is 1.73 bits per heavy atom. The monoisotopic (exact) mass is 622 g/mol. The summed E-state index contributed by atoms with van der Waals surface area (Å²) in [5.74, 6) is 2.55. The van der Waals surface area contributed by atoms with E-state index in [9.17, 15) is 0 Å². The van der Waals surface area contributed by atoms with E-state index in [4.69, 9.17) is 9.73 Å². The summed E-state index contributed by atoms with van der Waals surface area (Å²) < 4.78 is 6.31. The van der Waals surface area contributed by atoms with E-state index in [2.05, 4.69) is 124 Å². The fourth-order valence-electron chi connectivity index (χ4n) is 7.47. The number of likely N-dealkylation sites (N-methyl/N-ethyl adjacent to an activating group) is 1. The first-order valence-electron chi connectivity index (χ1n) is 17.9. The minimum atomic E-state index is -0.210. The number of unbranched alkanes of at least 4 members (excludes halogenated alkanes) is 1. The molecule has 1 saturated carbocycles. The first-order valence-corrected chi connectivity index (χ1v) is 17.9. The highest BCUT2D eigenvalue weighted by Crippen LogP contribution is 2.56. The standard InChI is InChI=1S/C39H65N3O.C2H6/c1-15-18-20-32-23-27(4)28(5)24-34(32)37(40-13)22-21-29(6)42(14)41-33(19-16-2)25-39(12)26-35(30(7)36(39)17-3)31(8)43-38(9,10)11;1-2/h21-24,30,33,35-36,41H,6,8,15-20,25-26H2,1-5,7,9-14H3;1-2H3/b22-21-,40-37?;/t30?,33?,35?,36?,39-;/m0./s1. The van der Waals surface area contributed by atoms with Crippen LogP contribution in [0, 0.1) is 37.0 Å². The molecule has 0 aliphatic heterocycles. The van der Waals surface area contributed by atoms with Crippen molar-refractivity contribution >= 4 is 5.71 Å². The van der Waals surface area contributed by atoms with Crippen molar-refractivity contribution in [1.29, 1.82) is 0 Å². The molecule has 0 amide bonds. The maximum absolute atomic E-state index is 6.31. The zero-order valence-electron chi connectivity index (χ0n) is 32.0. The summed E-state index contributed by atoms with van der Waals surface area (Å²) in [7, 11) is 3.99. The molecule has 1 aromatic rings. The van der Waals surface area contributed by atoms with E-state index >= 15 is 0 Å². The van der Waals surface area contributed by atoms with Gasteiger partial charge in [-0.25, -0.2) is 5.43 Å². The van der Waals surface area contributed by atoms with Crippen molar-refractivity contribution in [2.24, 2.45) is 28.2 Å². The van der Waals surface area contributed by atoms with Gasteiger partial charge in [-0.1, -0.05) is 87.0 Å². The quantitative estimate of drug-likeness (QED) is 0.0863. The molecular weight excluding hydrogens is 550 g/mol. The van der Waals surface area contributed by atoms with Crippen LogP contribution >= 0.6 is 0 Å². The van der Waals surface area contributed by atoms with Gasteiger partial charge >= 0.3 is 0 Å². The molecule has 1 N–H and O–H groups in total. The number of hydrazine groups is 1. The largest absolute Gasteiger partial charge is 0.493 e. The molecule has 1 aliphatic rings. The van der Waals surface area contributed by atoms with Crippen molar-refractivity contribution < 1.29 is 4.74 Å². The second-order valence-electron chi connectivity index (χ2n) is 14.5. The maximum atomic E-state index is 6.31. The molecule has 0 heterocycles. The van der Waals surface area contributed by atoms with Crippen LogP contribution < -0.4 is 5.43 Å². The lowest BCUT2D eigenvalue weighted by molar-refractivity contribution is 0.0288. The van der Waals surface area contributed by atoms with Gasteiger partial charge in [0.2, 0.25) is 0 Å². The minimum absolute atomic E-state index is 0.210. The zero-order valence-corrected chi connectivity index (χ0v) is 32.0. The van der Waals surface area contributed by atoms with Gasteiger partial charge < -0.3 is 9.75 Å². The molecule has 2 rings (SSSR count). The molecule has 256 valence electrons. The van der Waals surface area contributed by atoms with E-state index in [1.807, 2.05) is 20.9 Å². The van der Waals surface area contributed by atoms with Crippen LogP contribution in [0.25, 0.3) is 0 Å². The lowest BCUT2D eigenvalue weighted by Gasteiger charge is -2.38. The van der Waals surface area contributed by atoms with Crippen LogP contribution in [0.3, 0.4) is 0 Å². The first kappa shape index (κ1) is 40.7. The summed E-state index contributed by atoms with van der Waals surface area (Å²) in [4.78, 5) is 4.70. The van der Waals surface area contributed by atoms with E-state index in [0.29, 0.717) is 23.8 Å². The van der Waals surface area contributed by atoms with Crippen LogP contribution in [-0.4, -0.2) is 36.5 Å². The van der Waals surface area contributed by atoms with Crippen molar-refractivity contribution in [2.45, 2.75) is 146 Å². The first-order chi connectivity index (χ1) is 21.1. The molecule has 5 atom stereocenters. The van der Waals surface area contributed by atoms with Crippen molar-refractivity contribution in [2.75, 3.05) is 14.1 Å². The molecule has 1 aromatic carbocycles. The van der Waals surface area contributed by atoms with E-state index in [-0.39, 0.29) is 11.0 Å². The summed E-state index contributed by atoms with van der Waals surface area (Å²) in [6, 6.07) is 5.01. The second-order valence-corrected chi connectivity index (χ2v) is 14.5. The third-order valence-corrected chi connectivity index (χ3v) is 9.77. The zero-order chi connectivity index (χ0) is 34.5. The number of aryl methyl sites for hydroxylation is 3. The van der Waals surface area contributed by atoms with Crippen molar-refractivity contribution in [1.82, 2.24) is 10.4 Å². The topological polar surface area (TPSA) is 36.9 Å². The van der Waals surface area contributed by atoms with Crippen LogP contribution in [0.2, 0.25) is 0 Å². The third kappa shape index (κ3) is 11.8. The Morgan fingerprint density at radius 3 is 2.27 bits per heavy atom. The summed E-state index contributed by atoms with van der Waals surface area (Å²) in [6.07, 6.45) is 13.4. The molecule has 45 heavy (non-hydrogen) atoms. The molecular formula is C41H71N3O. The number of nitrogens with zero attached hydrogens (tertiary/aromatic N) is 2. The summed E-state index contributed by atoms with van der Waals surface area (Å²) in [5.41, 5.74) is 11.1. The minimum Gasteiger partial charge on any atom is -0.493 e. The van der Waals surface area contributed by atoms with E-state index in [1.165, 1.54) is 41.5 Å². The Kier molecular flexibility index (Phi) is 16.9. The Balaban J connectivity index is 0.00000496. The molecule has 4 unspecified atom stereocenters. The van der Waals surface area contributed by atoms with Gasteiger partial charge in [-0.3, -0.25) is 4.99 Å². The highest BCUT2D eigenvalue weighted by molar-refractivity contribution is 6.10. The Morgan fingerprint density at radius 1 is 1.11 bits per heavy atom. The number of nitrogens with one attached hydrogen (secondary N) is 1. The number of hydrogen-bond donors (Lipinski definition) is 1. The molecule has 0 saturated heterocycles. The second kappa shape index (κ2) is 18.7. The van der Waals surface area contributed by atoms with Gasteiger partial charge in [0.05, 0.1) is 11.5 Å². The molecule has 4 heteroatoms. The Labute approximate surface area is 279 Å². The van der Waals surface area contributed by atoms with Gasteiger partial charge in [0.1, 0.15) is 5.60 Å². The average Bonchev–Trinajstić information content (AvgIpc) is 3.23. The normalized spacial score (nSPS) is 22.6. The van der Waals surface area contributed by atoms with E-state index < -0.39 is 0 Å². The van der Waals surface area contributed by atoms with Crippen LogP contribution in [0.5, 0.6) is 0 Å². The van der Waals surface area contributed by atoms with Crippen LogP contribution in [0.15, 0.2) is 53.9 Å². The Hall–Kier alpha value is -2.33. The molecule has 1 fully saturated rings. The molecule has 0 aromatic heterocycles. The summed E-state index contributed by atoms with van der Waals surface area (Å²) in [5, 5.41) is 2.12. The fourth-order valence-corrected chi connectivity index (χ4v) is 7.47. The van der Waals surface area contributed by atoms with Gasteiger partial charge in [-0.15, -0.1) is 0 Å².